The van der Waals surface area contributed by atoms with E-state index in [4.69, 9.17) is 52.5 Å². The van der Waals surface area contributed by atoms with Crippen molar-refractivity contribution in [1.29, 1.82) is 0 Å². The Morgan fingerprint density at radius 1 is 0.412 bits per heavy atom. The molecule has 0 aromatic heterocycles. The van der Waals surface area contributed by atoms with Crippen molar-refractivity contribution in [2.45, 2.75) is 6.92 Å². The fourth-order valence-corrected chi connectivity index (χ4v) is 2.18. The summed E-state index contributed by atoms with van der Waals surface area (Å²) in [4.78, 5) is 10.2. The molecule has 0 aromatic carbocycles. The summed E-state index contributed by atoms with van der Waals surface area (Å²) in [6, 6.07) is 0. The molecule has 34 heavy (non-hydrogen) atoms. The second kappa shape index (κ2) is 30.1. The van der Waals surface area contributed by atoms with Crippen molar-refractivity contribution in [3.63, 3.8) is 0 Å². The van der Waals surface area contributed by atoms with E-state index in [2.05, 4.69) is 0 Å². The first-order chi connectivity index (χ1) is 16.8. The molecule has 0 fully saturated rings. The maximum atomic E-state index is 10.2. The van der Waals surface area contributed by atoms with E-state index in [1.165, 1.54) is 0 Å². The van der Waals surface area contributed by atoms with Crippen molar-refractivity contribution < 1.29 is 57.3 Å². The van der Waals surface area contributed by atoms with E-state index in [1.54, 1.807) is 0 Å². The van der Waals surface area contributed by atoms with Crippen molar-refractivity contribution >= 4 is 5.97 Å². The first-order valence-electron chi connectivity index (χ1n) is 11.8. The van der Waals surface area contributed by atoms with E-state index in [1.807, 2.05) is 6.92 Å². The van der Waals surface area contributed by atoms with Crippen molar-refractivity contribution in [2.24, 2.45) is 0 Å². The molecule has 0 unspecified atom stereocenters. The highest BCUT2D eigenvalue weighted by molar-refractivity contribution is 5.67. The minimum Gasteiger partial charge on any atom is -0.480 e. The number of carboxylic acid groups (broad SMARTS) is 1. The smallest absolute Gasteiger partial charge is 0.329 e. The first-order valence-corrected chi connectivity index (χ1v) is 11.8. The average molecular weight is 501 g/mol. The van der Waals surface area contributed by atoms with Gasteiger partial charge in [-0.05, 0) is 6.92 Å². The maximum Gasteiger partial charge on any atom is 0.329 e. The molecule has 0 heterocycles. The molecule has 204 valence electrons. The van der Waals surface area contributed by atoms with Gasteiger partial charge in [-0.25, -0.2) is 4.79 Å². The highest BCUT2D eigenvalue weighted by atomic mass is 16.6. The summed E-state index contributed by atoms with van der Waals surface area (Å²) in [5.74, 6) is -0.993. The van der Waals surface area contributed by atoms with Crippen LogP contribution in [0.4, 0.5) is 0 Å². The van der Waals surface area contributed by atoms with Crippen molar-refractivity contribution in [3.8, 4) is 0 Å². The third kappa shape index (κ3) is 31.1. The molecular formula is C22H44O12. The van der Waals surface area contributed by atoms with Gasteiger partial charge in [0, 0.05) is 6.61 Å². The highest BCUT2D eigenvalue weighted by Crippen LogP contribution is 1.86. The quantitative estimate of drug-likeness (QED) is 0.136. The van der Waals surface area contributed by atoms with Crippen LogP contribution in [0.1, 0.15) is 6.92 Å². The van der Waals surface area contributed by atoms with Gasteiger partial charge in [0.25, 0.3) is 0 Å². The summed E-state index contributed by atoms with van der Waals surface area (Å²) in [5, 5.41) is 8.39. The Kier molecular flexibility index (Phi) is 29.3. The van der Waals surface area contributed by atoms with Crippen LogP contribution in [0.5, 0.6) is 0 Å². The van der Waals surface area contributed by atoms with E-state index in [9.17, 15) is 4.79 Å². The van der Waals surface area contributed by atoms with Gasteiger partial charge in [0.1, 0.15) is 6.61 Å². The third-order valence-corrected chi connectivity index (χ3v) is 3.78. The van der Waals surface area contributed by atoms with Gasteiger partial charge in [0.05, 0.1) is 119 Å². The van der Waals surface area contributed by atoms with Crippen LogP contribution in [0, 0.1) is 0 Å². The van der Waals surface area contributed by atoms with Gasteiger partial charge < -0.3 is 52.5 Å². The van der Waals surface area contributed by atoms with Gasteiger partial charge in [0.2, 0.25) is 0 Å². The average Bonchev–Trinajstić information content (AvgIpc) is 2.83. The standard InChI is InChI=1S/C22H44O12/c1-2-25-3-4-26-5-6-27-7-8-28-9-10-29-11-12-30-13-14-31-15-16-32-17-18-33-19-20-34-21-22(23)24/h2-21H2,1H3,(H,23,24). The van der Waals surface area contributed by atoms with Crippen LogP contribution in [0.3, 0.4) is 0 Å². The van der Waals surface area contributed by atoms with Crippen molar-refractivity contribution in [1.82, 2.24) is 0 Å². The van der Waals surface area contributed by atoms with E-state index in [-0.39, 0.29) is 13.2 Å². The second-order valence-corrected chi connectivity index (χ2v) is 6.54. The summed E-state index contributed by atoms with van der Waals surface area (Å²) in [6.45, 7) is 11.1. The van der Waals surface area contributed by atoms with Crippen LogP contribution >= 0.6 is 0 Å². The predicted molar refractivity (Wildman–Crippen MR) is 121 cm³/mol. The zero-order valence-corrected chi connectivity index (χ0v) is 20.6. The molecule has 12 heteroatoms. The van der Waals surface area contributed by atoms with Gasteiger partial charge in [0.15, 0.2) is 0 Å². The number of ether oxygens (including phenoxy) is 10. The zero-order valence-electron chi connectivity index (χ0n) is 20.6. The summed E-state index contributed by atoms with van der Waals surface area (Å²) < 4.78 is 52.9. The molecule has 0 saturated carbocycles. The second-order valence-electron chi connectivity index (χ2n) is 6.54. The van der Waals surface area contributed by atoms with E-state index < -0.39 is 5.97 Å². The maximum absolute atomic E-state index is 10.2. The molecular weight excluding hydrogens is 456 g/mol. The lowest BCUT2D eigenvalue weighted by Gasteiger charge is -2.08. The molecule has 0 spiro atoms. The minimum absolute atomic E-state index is 0.247. The van der Waals surface area contributed by atoms with E-state index in [0.717, 1.165) is 0 Å². The highest BCUT2D eigenvalue weighted by Gasteiger charge is 1.97. The van der Waals surface area contributed by atoms with Crippen LogP contribution in [0.15, 0.2) is 0 Å². The molecule has 0 saturated heterocycles. The molecule has 12 nitrogen and oxygen atoms in total. The number of aliphatic carboxylic acids is 1. The molecule has 0 aromatic rings. The Balaban J connectivity index is 3.01. The Hall–Kier alpha value is -0.930. The summed E-state index contributed by atoms with van der Waals surface area (Å²) in [5.41, 5.74) is 0. The molecule has 0 aliphatic rings. The third-order valence-electron chi connectivity index (χ3n) is 3.78. The number of hydrogen-bond acceptors (Lipinski definition) is 11. The lowest BCUT2D eigenvalue weighted by Crippen LogP contribution is -2.15. The fourth-order valence-electron chi connectivity index (χ4n) is 2.18. The number of carbonyl (C=O) groups is 1. The van der Waals surface area contributed by atoms with Crippen LogP contribution in [0.2, 0.25) is 0 Å². The normalized spacial score (nSPS) is 11.3. The Bertz CT molecular complexity index is 400. The van der Waals surface area contributed by atoms with Crippen LogP contribution in [-0.2, 0) is 52.2 Å². The largest absolute Gasteiger partial charge is 0.480 e. The Morgan fingerprint density at radius 2 is 0.618 bits per heavy atom. The monoisotopic (exact) mass is 500 g/mol. The summed E-state index contributed by atoms with van der Waals surface area (Å²) in [7, 11) is 0. The van der Waals surface area contributed by atoms with E-state index in [0.29, 0.717) is 119 Å². The molecule has 0 amide bonds. The predicted octanol–water partition coefficient (Wildman–Crippen LogP) is 0.257. The molecule has 0 bridgehead atoms. The molecule has 1 N–H and O–H groups in total. The topological polar surface area (TPSA) is 130 Å². The molecule has 0 radical (unpaired) electrons. The van der Waals surface area contributed by atoms with Gasteiger partial charge >= 0.3 is 5.97 Å². The summed E-state index contributed by atoms with van der Waals surface area (Å²) >= 11 is 0. The van der Waals surface area contributed by atoms with E-state index >= 15 is 0 Å². The first kappa shape index (κ1) is 33.1. The molecule has 0 atom stereocenters. The van der Waals surface area contributed by atoms with Crippen LogP contribution in [-0.4, -0.2) is 143 Å². The number of hydrogen-bond donors (Lipinski definition) is 1. The zero-order chi connectivity index (χ0) is 24.8. The Labute approximate surface area is 202 Å². The van der Waals surface area contributed by atoms with Crippen LogP contribution in [0.25, 0.3) is 0 Å². The molecule has 0 rings (SSSR count). The minimum atomic E-state index is -0.993. The summed E-state index contributed by atoms with van der Waals surface area (Å²) in [6.07, 6.45) is 0. The number of rotatable bonds is 30. The van der Waals surface area contributed by atoms with Gasteiger partial charge in [-0.15, -0.1) is 0 Å². The Morgan fingerprint density at radius 3 is 0.824 bits per heavy atom. The lowest BCUT2D eigenvalue weighted by molar-refractivity contribution is -0.142. The number of carboxylic acids is 1. The van der Waals surface area contributed by atoms with Crippen LogP contribution < -0.4 is 0 Å². The lowest BCUT2D eigenvalue weighted by atomic mass is 10.6. The van der Waals surface area contributed by atoms with Gasteiger partial charge in [-0.1, -0.05) is 0 Å². The van der Waals surface area contributed by atoms with Crippen molar-refractivity contribution in [2.75, 3.05) is 132 Å². The molecule has 0 aliphatic carbocycles. The van der Waals surface area contributed by atoms with Gasteiger partial charge in [-0.3, -0.25) is 0 Å². The molecule has 0 aliphatic heterocycles. The van der Waals surface area contributed by atoms with Crippen molar-refractivity contribution in [3.05, 3.63) is 0 Å². The SMILES string of the molecule is CCOCCOCCOCCOCCOCCOCCOCCOCCOCCOCC(=O)O. The fraction of sp³-hybridized carbons (Fsp3) is 0.955. The van der Waals surface area contributed by atoms with Gasteiger partial charge in [-0.2, -0.15) is 0 Å².